The van der Waals surface area contributed by atoms with Gasteiger partial charge in [0.15, 0.2) is 5.82 Å². The number of alkyl halides is 3. The Morgan fingerprint density at radius 3 is 2.59 bits per heavy atom. The average Bonchev–Trinajstić information content (AvgIpc) is 3.09. The van der Waals surface area contributed by atoms with Gasteiger partial charge in [-0.3, -0.25) is 5.01 Å². The lowest BCUT2D eigenvalue weighted by Gasteiger charge is -2.24. The lowest BCUT2D eigenvalue weighted by molar-refractivity contribution is -0.142. The Labute approximate surface area is 168 Å². The molecule has 0 amide bonds. The van der Waals surface area contributed by atoms with Crippen molar-refractivity contribution >= 4 is 23.4 Å². The second-order valence-electron chi connectivity index (χ2n) is 5.94. The number of hydrogen-bond donors (Lipinski definition) is 1. The highest BCUT2D eigenvalue weighted by Crippen LogP contribution is 2.36. The zero-order valence-electron chi connectivity index (χ0n) is 15.4. The minimum Gasteiger partial charge on any atom is -0.480 e. The number of pyridine rings is 1. The van der Waals surface area contributed by atoms with Gasteiger partial charge in [-0.25, -0.2) is 20.2 Å². The number of ether oxygens (including phenoxy) is 2. The molecule has 0 aliphatic carbocycles. The standard InChI is InChI=1S/C17H15ClF3N5O3/c1-8-4-12(17(19,20)21)25-26(8)13-11(7-23-16(18)24-13)9-5-10(15(27)29-3)14(28-2)22-6-9/h4-7,12,25H,1-3H3. The first-order valence-electron chi connectivity index (χ1n) is 8.12. The number of carbonyl (C=O) groups excluding carboxylic acids is 1. The summed E-state index contributed by atoms with van der Waals surface area (Å²) in [7, 11) is 2.54. The van der Waals surface area contributed by atoms with Crippen molar-refractivity contribution in [1.82, 2.24) is 20.4 Å². The van der Waals surface area contributed by atoms with Crippen LogP contribution < -0.4 is 15.2 Å². The number of halogens is 4. The van der Waals surface area contributed by atoms with Gasteiger partial charge in [-0.05, 0) is 30.7 Å². The second-order valence-corrected chi connectivity index (χ2v) is 6.28. The molecule has 0 radical (unpaired) electrons. The lowest BCUT2D eigenvalue weighted by atomic mass is 10.1. The number of allylic oxidation sites excluding steroid dienone is 1. The van der Waals surface area contributed by atoms with E-state index in [4.69, 9.17) is 21.1 Å². The monoisotopic (exact) mass is 429 g/mol. The summed E-state index contributed by atoms with van der Waals surface area (Å²) in [5, 5.41) is 0.992. The number of rotatable bonds is 4. The van der Waals surface area contributed by atoms with E-state index < -0.39 is 18.2 Å². The third-order valence-electron chi connectivity index (χ3n) is 4.09. The van der Waals surface area contributed by atoms with E-state index in [0.717, 1.165) is 11.1 Å². The van der Waals surface area contributed by atoms with Crippen LogP contribution in [0.1, 0.15) is 17.3 Å². The van der Waals surface area contributed by atoms with Crippen LogP contribution in [0.25, 0.3) is 11.1 Å². The molecule has 1 aliphatic rings. The Kier molecular flexibility index (Phi) is 5.62. The molecule has 0 fully saturated rings. The smallest absolute Gasteiger partial charge is 0.409 e. The lowest BCUT2D eigenvalue weighted by Crippen LogP contribution is -2.45. The van der Waals surface area contributed by atoms with Gasteiger partial charge >= 0.3 is 12.1 Å². The van der Waals surface area contributed by atoms with Crippen molar-refractivity contribution < 1.29 is 27.4 Å². The summed E-state index contributed by atoms with van der Waals surface area (Å²) >= 11 is 5.88. The van der Waals surface area contributed by atoms with Crippen molar-refractivity contribution in [3.8, 4) is 17.0 Å². The largest absolute Gasteiger partial charge is 0.480 e. The third kappa shape index (κ3) is 4.10. The van der Waals surface area contributed by atoms with E-state index in [-0.39, 0.29) is 33.8 Å². The van der Waals surface area contributed by atoms with Crippen molar-refractivity contribution in [3.63, 3.8) is 0 Å². The Morgan fingerprint density at radius 1 is 1.28 bits per heavy atom. The number of methoxy groups -OCH3 is 2. The minimum absolute atomic E-state index is 0.0308. The number of carbonyl (C=O) groups is 1. The van der Waals surface area contributed by atoms with E-state index >= 15 is 0 Å². The Balaban J connectivity index is 2.10. The molecular formula is C17H15ClF3N5O3. The molecule has 0 aromatic carbocycles. The van der Waals surface area contributed by atoms with Crippen molar-refractivity contribution in [2.24, 2.45) is 0 Å². The van der Waals surface area contributed by atoms with Crippen LogP contribution in [0.15, 0.2) is 30.2 Å². The van der Waals surface area contributed by atoms with E-state index in [1.54, 1.807) is 0 Å². The van der Waals surface area contributed by atoms with Gasteiger partial charge in [0.1, 0.15) is 11.6 Å². The average molecular weight is 430 g/mol. The highest BCUT2D eigenvalue weighted by atomic mass is 35.5. The molecule has 0 bridgehead atoms. The molecular weight excluding hydrogens is 415 g/mol. The number of hydrogen-bond acceptors (Lipinski definition) is 8. The van der Waals surface area contributed by atoms with Gasteiger partial charge in [-0.15, -0.1) is 0 Å². The van der Waals surface area contributed by atoms with Gasteiger partial charge in [0.05, 0.1) is 14.2 Å². The highest BCUT2D eigenvalue weighted by molar-refractivity contribution is 6.28. The number of anilines is 1. The first-order valence-corrected chi connectivity index (χ1v) is 8.50. The highest BCUT2D eigenvalue weighted by Gasteiger charge is 2.43. The summed E-state index contributed by atoms with van der Waals surface area (Å²) in [6.45, 7) is 1.49. The van der Waals surface area contributed by atoms with Gasteiger partial charge < -0.3 is 9.47 Å². The maximum absolute atomic E-state index is 13.1. The molecule has 154 valence electrons. The van der Waals surface area contributed by atoms with Crippen LogP contribution in [-0.4, -0.2) is 47.4 Å². The van der Waals surface area contributed by atoms with Gasteiger partial charge in [0, 0.05) is 29.2 Å². The summed E-state index contributed by atoms with van der Waals surface area (Å²) in [6.07, 6.45) is -0.776. The Hall–Kier alpha value is -2.92. The summed E-state index contributed by atoms with van der Waals surface area (Å²) in [5.74, 6) is -0.599. The van der Waals surface area contributed by atoms with Crippen LogP contribution >= 0.6 is 11.6 Å². The molecule has 1 atom stereocenters. The molecule has 2 aromatic heterocycles. The zero-order chi connectivity index (χ0) is 21.3. The molecule has 12 heteroatoms. The minimum atomic E-state index is -4.49. The molecule has 8 nitrogen and oxygen atoms in total. The van der Waals surface area contributed by atoms with Crippen molar-refractivity contribution in [2.45, 2.75) is 19.1 Å². The molecule has 0 saturated heterocycles. The molecule has 3 heterocycles. The molecule has 1 unspecified atom stereocenters. The van der Waals surface area contributed by atoms with Crippen LogP contribution in [0, 0.1) is 0 Å². The predicted octanol–water partition coefficient (Wildman–Crippen LogP) is 3.15. The predicted molar refractivity (Wildman–Crippen MR) is 97.4 cm³/mol. The van der Waals surface area contributed by atoms with E-state index in [0.29, 0.717) is 5.56 Å². The topological polar surface area (TPSA) is 89.5 Å². The molecule has 1 aliphatic heterocycles. The summed E-state index contributed by atoms with van der Waals surface area (Å²) in [6, 6.07) is -0.465. The maximum Gasteiger partial charge on any atom is 0.409 e. The molecule has 29 heavy (non-hydrogen) atoms. The number of esters is 1. The van der Waals surface area contributed by atoms with Gasteiger partial charge in [0.25, 0.3) is 0 Å². The van der Waals surface area contributed by atoms with Crippen LogP contribution in [0.5, 0.6) is 5.88 Å². The fourth-order valence-corrected chi connectivity index (χ4v) is 2.86. The van der Waals surface area contributed by atoms with Crippen LogP contribution in [0.3, 0.4) is 0 Å². The third-order valence-corrected chi connectivity index (χ3v) is 4.28. The van der Waals surface area contributed by atoms with Crippen LogP contribution in [0.2, 0.25) is 5.28 Å². The fraction of sp³-hybridized carbons (Fsp3) is 0.294. The van der Waals surface area contributed by atoms with Gasteiger partial charge in [-0.2, -0.15) is 18.2 Å². The number of nitrogens with one attached hydrogen (secondary N) is 1. The number of aromatic nitrogens is 3. The van der Waals surface area contributed by atoms with Crippen LogP contribution in [0.4, 0.5) is 19.0 Å². The van der Waals surface area contributed by atoms with Crippen LogP contribution in [-0.2, 0) is 4.74 Å². The van der Waals surface area contributed by atoms with Crippen molar-refractivity contribution in [1.29, 1.82) is 0 Å². The Morgan fingerprint density at radius 2 is 2.00 bits per heavy atom. The zero-order valence-corrected chi connectivity index (χ0v) is 16.2. The van der Waals surface area contributed by atoms with Gasteiger partial charge in [-0.1, -0.05) is 0 Å². The van der Waals surface area contributed by atoms with Crippen molar-refractivity contribution in [2.75, 3.05) is 19.2 Å². The second kappa shape index (κ2) is 7.84. The first kappa shape index (κ1) is 20.8. The van der Waals surface area contributed by atoms with E-state index in [2.05, 4.69) is 20.4 Å². The van der Waals surface area contributed by atoms with Crippen molar-refractivity contribution in [3.05, 3.63) is 41.1 Å². The Bertz CT molecular complexity index is 983. The number of nitrogens with zero attached hydrogens (tertiary/aromatic N) is 4. The fourth-order valence-electron chi connectivity index (χ4n) is 2.73. The summed E-state index contributed by atoms with van der Waals surface area (Å²) < 4.78 is 49.1. The normalized spacial score (nSPS) is 16.6. The van der Waals surface area contributed by atoms with E-state index in [1.807, 2.05) is 0 Å². The van der Waals surface area contributed by atoms with E-state index in [9.17, 15) is 18.0 Å². The maximum atomic E-state index is 13.1. The van der Waals surface area contributed by atoms with Gasteiger partial charge in [0.2, 0.25) is 11.2 Å². The molecule has 0 spiro atoms. The first-order chi connectivity index (χ1) is 13.7. The quantitative estimate of drug-likeness (QED) is 0.585. The van der Waals surface area contributed by atoms with E-state index in [1.165, 1.54) is 39.6 Å². The molecule has 3 rings (SSSR count). The molecule has 2 aromatic rings. The summed E-state index contributed by atoms with van der Waals surface area (Å²) in [5.41, 5.74) is 3.27. The SMILES string of the molecule is COC(=O)c1cc(-c2cnc(Cl)nc2N2NC(C(F)(F)F)C=C2C)cnc1OC. The summed E-state index contributed by atoms with van der Waals surface area (Å²) in [4.78, 5) is 24.1. The molecule has 0 saturated carbocycles. The molecule has 1 N–H and O–H groups in total. The number of hydrazine groups is 1.